The molecule has 0 radical (unpaired) electrons. The van der Waals surface area contributed by atoms with Gasteiger partial charge in [-0.1, -0.05) is 18.2 Å². The van der Waals surface area contributed by atoms with Crippen LogP contribution in [-0.2, 0) is 16.0 Å². The van der Waals surface area contributed by atoms with Gasteiger partial charge in [-0.05, 0) is 56.3 Å². The summed E-state index contributed by atoms with van der Waals surface area (Å²) in [6.45, 7) is 4.03. The van der Waals surface area contributed by atoms with Gasteiger partial charge in [-0.15, -0.1) is 0 Å². The average Bonchev–Trinajstić information content (AvgIpc) is 3.12. The number of carbonyl (C=O) groups excluding carboxylic acids is 2. The summed E-state index contributed by atoms with van der Waals surface area (Å²) in [7, 11) is 3.62. The van der Waals surface area contributed by atoms with E-state index in [1.807, 2.05) is 24.1 Å². The topological polar surface area (TPSA) is 61.9 Å². The van der Waals surface area contributed by atoms with Crippen LogP contribution in [0.5, 0.6) is 5.75 Å². The molecule has 0 aromatic heterocycles. The van der Waals surface area contributed by atoms with Crippen molar-refractivity contribution in [1.29, 1.82) is 0 Å². The standard InChI is InChI=1S/C22H33N3O3/c1-24(22(27)15-19-7-8-21(26)23-19)16-17-9-12-25(13-10-17)14-11-18-5-3-4-6-20(18)28-2/h3-6,17,19H,7-16H2,1-2H3,(H,23,26). The van der Waals surface area contributed by atoms with Crippen molar-refractivity contribution in [3.63, 3.8) is 0 Å². The van der Waals surface area contributed by atoms with Crippen LogP contribution >= 0.6 is 0 Å². The largest absolute Gasteiger partial charge is 0.496 e. The second-order valence-electron chi connectivity index (χ2n) is 8.13. The molecule has 1 aromatic carbocycles. The highest BCUT2D eigenvalue weighted by molar-refractivity contribution is 5.81. The number of benzene rings is 1. The van der Waals surface area contributed by atoms with Gasteiger partial charge in [0.1, 0.15) is 5.75 Å². The minimum absolute atomic E-state index is 0.0271. The molecule has 1 N–H and O–H groups in total. The van der Waals surface area contributed by atoms with Crippen molar-refractivity contribution in [1.82, 2.24) is 15.1 Å². The van der Waals surface area contributed by atoms with Crippen LogP contribution < -0.4 is 10.1 Å². The maximum atomic E-state index is 12.4. The van der Waals surface area contributed by atoms with Gasteiger partial charge in [-0.25, -0.2) is 0 Å². The summed E-state index contributed by atoms with van der Waals surface area (Å²) in [6, 6.07) is 8.25. The lowest BCUT2D eigenvalue weighted by molar-refractivity contribution is -0.131. The van der Waals surface area contributed by atoms with Gasteiger partial charge in [0.2, 0.25) is 11.8 Å². The molecule has 2 saturated heterocycles. The Kier molecular flexibility index (Phi) is 7.31. The molecule has 6 nitrogen and oxygen atoms in total. The predicted molar refractivity (Wildman–Crippen MR) is 109 cm³/mol. The van der Waals surface area contributed by atoms with Crippen LogP contribution in [0, 0.1) is 5.92 Å². The van der Waals surface area contributed by atoms with E-state index in [1.54, 1.807) is 7.11 Å². The Labute approximate surface area is 168 Å². The number of para-hydroxylation sites is 1. The Bertz CT molecular complexity index is 671. The van der Waals surface area contributed by atoms with Crippen LogP contribution in [0.25, 0.3) is 0 Å². The molecule has 1 atom stereocenters. The lowest BCUT2D eigenvalue weighted by Gasteiger charge is -2.34. The molecule has 0 spiro atoms. The third-order valence-electron chi connectivity index (χ3n) is 6.06. The van der Waals surface area contributed by atoms with Gasteiger partial charge >= 0.3 is 0 Å². The van der Waals surface area contributed by atoms with E-state index in [0.717, 1.165) is 57.6 Å². The molecule has 2 fully saturated rings. The molecular weight excluding hydrogens is 354 g/mol. The molecule has 28 heavy (non-hydrogen) atoms. The van der Waals surface area contributed by atoms with Gasteiger partial charge in [0.05, 0.1) is 7.11 Å². The SMILES string of the molecule is COc1ccccc1CCN1CCC(CN(C)C(=O)CC2CCC(=O)N2)CC1. The van der Waals surface area contributed by atoms with Gasteiger partial charge in [0, 0.05) is 39.0 Å². The van der Waals surface area contributed by atoms with Crippen molar-refractivity contribution in [3.8, 4) is 5.75 Å². The number of rotatable bonds is 8. The highest BCUT2D eigenvalue weighted by Gasteiger charge is 2.26. The fourth-order valence-corrected chi connectivity index (χ4v) is 4.27. The summed E-state index contributed by atoms with van der Waals surface area (Å²) in [5, 5.41) is 2.88. The minimum Gasteiger partial charge on any atom is -0.496 e. The van der Waals surface area contributed by atoms with Crippen LogP contribution in [0.1, 0.15) is 37.7 Å². The fraction of sp³-hybridized carbons (Fsp3) is 0.636. The second kappa shape index (κ2) is 9.92. The molecule has 154 valence electrons. The summed E-state index contributed by atoms with van der Waals surface area (Å²) >= 11 is 0. The number of likely N-dealkylation sites (tertiary alicyclic amines) is 1. The van der Waals surface area contributed by atoms with Crippen molar-refractivity contribution >= 4 is 11.8 Å². The minimum atomic E-state index is 0.0271. The van der Waals surface area contributed by atoms with Gasteiger partial charge in [-0.3, -0.25) is 9.59 Å². The molecule has 3 rings (SSSR count). The molecule has 6 heteroatoms. The first-order valence-corrected chi connectivity index (χ1v) is 10.4. The Hall–Kier alpha value is -2.08. The molecule has 0 bridgehead atoms. The van der Waals surface area contributed by atoms with E-state index in [1.165, 1.54) is 5.56 Å². The normalized spacial score (nSPS) is 20.8. The first-order chi connectivity index (χ1) is 13.5. The summed E-state index contributed by atoms with van der Waals surface area (Å²) in [4.78, 5) is 28.1. The lowest BCUT2D eigenvalue weighted by Crippen LogP contribution is -2.41. The first kappa shape index (κ1) is 20.6. The molecule has 2 aliphatic rings. The Balaban J connectivity index is 1.36. The van der Waals surface area contributed by atoms with Crippen LogP contribution in [0.4, 0.5) is 0 Å². The van der Waals surface area contributed by atoms with Crippen molar-refractivity contribution in [2.24, 2.45) is 5.92 Å². The number of nitrogens with one attached hydrogen (secondary N) is 1. The lowest BCUT2D eigenvalue weighted by atomic mass is 9.95. The van der Waals surface area contributed by atoms with Crippen LogP contribution in [0.15, 0.2) is 24.3 Å². The van der Waals surface area contributed by atoms with Crippen LogP contribution in [-0.4, -0.2) is 68.0 Å². The molecule has 0 aliphatic carbocycles. The van der Waals surface area contributed by atoms with Crippen LogP contribution in [0.3, 0.4) is 0 Å². The number of piperidine rings is 1. The number of methoxy groups -OCH3 is 1. The smallest absolute Gasteiger partial charge is 0.224 e. The molecule has 2 aliphatic heterocycles. The van der Waals surface area contributed by atoms with Gasteiger partial charge in [0.15, 0.2) is 0 Å². The third kappa shape index (κ3) is 5.71. The van der Waals surface area contributed by atoms with E-state index < -0.39 is 0 Å². The molecule has 1 unspecified atom stereocenters. The highest BCUT2D eigenvalue weighted by Crippen LogP contribution is 2.22. The van der Waals surface area contributed by atoms with E-state index in [-0.39, 0.29) is 17.9 Å². The van der Waals surface area contributed by atoms with Gasteiger partial charge in [0.25, 0.3) is 0 Å². The van der Waals surface area contributed by atoms with Gasteiger partial charge in [-0.2, -0.15) is 0 Å². The molecule has 1 aromatic rings. The van der Waals surface area contributed by atoms with Crippen molar-refractivity contribution in [2.75, 3.05) is 40.3 Å². The van der Waals surface area contributed by atoms with Crippen molar-refractivity contribution < 1.29 is 14.3 Å². The fourth-order valence-electron chi connectivity index (χ4n) is 4.27. The second-order valence-corrected chi connectivity index (χ2v) is 8.13. The number of amides is 2. The number of carbonyl (C=O) groups is 2. The molecule has 0 saturated carbocycles. The highest BCUT2D eigenvalue weighted by atomic mass is 16.5. The number of ether oxygens (including phenoxy) is 1. The van der Waals surface area contributed by atoms with E-state index >= 15 is 0 Å². The third-order valence-corrected chi connectivity index (χ3v) is 6.06. The van der Waals surface area contributed by atoms with Crippen molar-refractivity contribution in [2.45, 2.75) is 44.6 Å². The molecular formula is C22H33N3O3. The number of hydrogen-bond donors (Lipinski definition) is 1. The zero-order chi connectivity index (χ0) is 19.9. The van der Waals surface area contributed by atoms with E-state index in [4.69, 9.17) is 4.74 Å². The summed E-state index contributed by atoms with van der Waals surface area (Å²) in [5.74, 6) is 1.75. The number of hydrogen-bond acceptors (Lipinski definition) is 4. The quantitative estimate of drug-likeness (QED) is 0.742. The summed E-state index contributed by atoms with van der Waals surface area (Å²) < 4.78 is 5.44. The summed E-state index contributed by atoms with van der Waals surface area (Å²) in [5.41, 5.74) is 1.26. The van der Waals surface area contributed by atoms with E-state index in [0.29, 0.717) is 18.8 Å². The van der Waals surface area contributed by atoms with E-state index in [2.05, 4.69) is 22.3 Å². The van der Waals surface area contributed by atoms with Crippen molar-refractivity contribution in [3.05, 3.63) is 29.8 Å². The van der Waals surface area contributed by atoms with Crippen LogP contribution in [0.2, 0.25) is 0 Å². The summed E-state index contributed by atoms with van der Waals surface area (Å²) in [6.07, 6.45) is 5.02. The molecule has 2 amide bonds. The maximum absolute atomic E-state index is 12.4. The average molecular weight is 388 g/mol. The zero-order valence-electron chi connectivity index (χ0n) is 17.2. The number of nitrogens with zero attached hydrogens (tertiary/aromatic N) is 2. The Morgan fingerprint density at radius 1 is 1.25 bits per heavy atom. The Morgan fingerprint density at radius 3 is 2.68 bits per heavy atom. The first-order valence-electron chi connectivity index (χ1n) is 10.4. The monoisotopic (exact) mass is 387 g/mol. The predicted octanol–water partition coefficient (Wildman–Crippen LogP) is 2.08. The zero-order valence-corrected chi connectivity index (χ0v) is 17.2. The maximum Gasteiger partial charge on any atom is 0.224 e. The molecule has 2 heterocycles. The van der Waals surface area contributed by atoms with Gasteiger partial charge < -0.3 is 19.9 Å². The van der Waals surface area contributed by atoms with E-state index in [9.17, 15) is 9.59 Å². The Morgan fingerprint density at radius 2 is 2.00 bits per heavy atom.